The lowest BCUT2D eigenvalue weighted by Gasteiger charge is -1.80. The van der Waals surface area contributed by atoms with Gasteiger partial charge in [-0.3, -0.25) is 9.78 Å². The summed E-state index contributed by atoms with van der Waals surface area (Å²) in [7, 11) is 0. The molecule has 0 fully saturated rings. The molecular formula is C12H18N2OS. The topological polar surface area (TPSA) is 42.9 Å². The van der Waals surface area contributed by atoms with Gasteiger partial charge in [-0.25, -0.2) is 4.98 Å². The molecule has 3 nitrogen and oxygen atoms in total. The molecule has 88 valence electrons. The SMILES string of the molecule is CC.CC.CC(=O)c1nc2ccncc2s1. The van der Waals surface area contributed by atoms with Gasteiger partial charge in [0.15, 0.2) is 10.8 Å². The van der Waals surface area contributed by atoms with Crippen LogP contribution in [0.5, 0.6) is 0 Å². The molecule has 4 heteroatoms. The highest BCUT2D eigenvalue weighted by Crippen LogP contribution is 2.20. The van der Waals surface area contributed by atoms with Crippen LogP contribution in [0.25, 0.3) is 10.2 Å². The first-order valence-corrected chi connectivity index (χ1v) is 6.30. The van der Waals surface area contributed by atoms with Gasteiger partial charge in [0.2, 0.25) is 0 Å². The Hall–Kier alpha value is -1.29. The Kier molecular flexibility index (Phi) is 7.29. The third-order valence-electron chi connectivity index (χ3n) is 1.49. The van der Waals surface area contributed by atoms with E-state index in [-0.39, 0.29) is 5.78 Å². The Morgan fingerprint density at radius 2 is 1.88 bits per heavy atom. The van der Waals surface area contributed by atoms with Gasteiger partial charge in [0.1, 0.15) is 0 Å². The van der Waals surface area contributed by atoms with Gasteiger partial charge in [-0.05, 0) is 6.07 Å². The first kappa shape index (κ1) is 14.7. The molecule has 2 heterocycles. The number of hydrogen-bond acceptors (Lipinski definition) is 4. The Bertz CT molecular complexity index is 404. The largest absolute Gasteiger partial charge is 0.292 e. The molecule has 2 aromatic heterocycles. The number of fused-ring (bicyclic) bond motifs is 1. The third-order valence-corrected chi connectivity index (χ3v) is 2.60. The lowest BCUT2D eigenvalue weighted by atomic mass is 10.4. The summed E-state index contributed by atoms with van der Waals surface area (Å²) < 4.78 is 0.961. The van der Waals surface area contributed by atoms with Crippen molar-refractivity contribution in [3.05, 3.63) is 23.5 Å². The molecule has 0 atom stereocenters. The van der Waals surface area contributed by atoms with E-state index in [4.69, 9.17) is 0 Å². The number of ketones is 1. The normalized spacial score (nSPS) is 8.56. The quantitative estimate of drug-likeness (QED) is 0.706. The summed E-state index contributed by atoms with van der Waals surface area (Å²) in [5.41, 5.74) is 0.847. The van der Waals surface area contributed by atoms with Crippen molar-refractivity contribution in [2.75, 3.05) is 0 Å². The van der Waals surface area contributed by atoms with Crippen molar-refractivity contribution in [3.63, 3.8) is 0 Å². The highest BCUT2D eigenvalue weighted by atomic mass is 32.1. The number of nitrogens with zero attached hydrogens (tertiary/aromatic N) is 2. The summed E-state index contributed by atoms with van der Waals surface area (Å²) in [6, 6.07) is 1.80. The second-order valence-electron chi connectivity index (χ2n) is 2.42. The number of pyridine rings is 1. The maximum atomic E-state index is 10.9. The Balaban J connectivity index is 0.000000509. The van der Waals surface area contributed by atoms with Gasteiger partial charge in [-0.2, -0.15) is 0 Å². The third kappa shape index (κ3) is 3.70. The zero-order valence-electron chi connectivity index (χ0n) is 10.4. The summed E-state index contributed by atoms with van der Waals surface area (Å²) in [5.74, 6) is 0.0104. The smallest absolute Gasteiger partial charge is 0.188 e. The van der Waals surface area contributed by atoms with Gasteiger partial charge in [0, 0.05) is 19.3 Å². The predicted octanol–water partition coefficient (Wildman–Crippen LogP) is 3.95. The average molecular weight is 238 g/mol. The molecule has 0 aliphatic carbocycles. The van der Waals surface area contributed by atoms with E-state index in [9.17, 15) is 4.79 Å². The van der Waals surface area contributed by atoms with E-state index in [0.29, 0.717) is 5.01 Å². The zero-order chi connectivity index (χ0) is 12.6. The molecule has 2 rings (SSSR count). The molecule has 0 N–H and O–H groups in total. The second-order valence-corrected chi connectivity index (χ2v) is 3.45. The van der Waals surface area contributed by atoms with Gasteiger partial charge in [-0.1, -0.05) is 27.7 Å². The molecule has 2 aromatic rings. The minimum absolute atomic E-state index is 0.0104. The first-order chi connectivity index (χ1) is 7.77. The molecule has 0 aliphatic heterocycles. The number of Topliss-reactive ketones (excluding diaryl/α,β-unsaturated/α-hetero) is 1. The van der Waals surface area contributed by atoms with Gasteiger partial charge in [0.05, 0.1) is 10.2 Å². The molecule has 0 saturated carbocycles. The van der Waals surface area contributed by atoms with Crippen molar-refractivity contribution in [1.29, 1.82) is 0 Å². The van der Waals surface area contributed by atoms with Gasteiger partial charge in [-0.15, -0.1) is 11.3 Å². The maximum absolute atomic E-state index is 10.9. The van der Waals surface area contributed by atoms with Crippen molar-refractivity contribution in [1.82, 2.24) is 9.97 Å². The fourth-order valence-electron chi connectivity index (χ4n) is 0.931. The molecule has 0 amide bonds. The van der Waals surface area contributed by atoms with Crippen LogP contribution in [0.1, 0.15) is 44.4 Å². The van der Waals surface area contributed by atoms with E-state index in [2.05, 4.69) is 9.97 Å². The standard InChI is InChI=1S/C8H6N2OS.2C2H6/c1-5(11)8-10-6-2-3-9-4-7(6)12-8;2*1-2/h2-4H,1H3;2*1-2H3. The van der Waals surface area contributed by atoms with E-state index in [0.717, 1.165) is 10.2 Å². The Labute approximate surface area is 101 Å². The number of rotatable bonds is 1. The van der Waals surface area contributed by atoms with Crippen LogP contribution in [-0.2, 0) is 0 Å². The highest BCUT2D eigenvalue weighted by Gasteiger charge is 2.06. The van der Waals surface area contributed by atoms with Gasteiger partial charge >= 0.3 is 0 Å². The fraction of sp³-hybridized carbons (Fsp3) is 0.417. The van der Waals surface area contributed by atoms with Crippen LogP contribution >= 0.6 is 11.3 Å². The van der Waals surface area contributed by atoms with Crippen LogP contribution in [0, 0.1) is 0 Å². The lowest BCUT2D eigenvalue weighted by Crippen LogP contribution is -1.87. The first-order valence-electron chi connectivity index (χ1n) is 5.49. The molecule has 0 bridgehead atoms. The van der Waals surface area contributed by atoms with Crippen LogP contribution in [0.4, 0.5) is 0 Å². The minimum Gasteiger partial charge on any atom is -0.292 e. The van der Waals surface area contributed by atoms with Gasteiger partial charge in [0.25, 0.3) is 0 Å². The Morgan fingerprint density at radius 1 is 1.25 bits per heavy atom. The van der Waals surface area contributed by atoms with E-state index < -0.39 is 0 Å². The summed E-state index contributed by atoms with van der Waals surface area (Å²) >= 11 is 1.38. The minimum atomic E-state index is 0.0104. The van der Waals surface area contributed by atoms with Crippen LogP contribution in [0.15, 0.2) is 18.5 Å². The Morgan fingerprint density at radius 3 is 2.38 bits per heavy atom. The summed E-state index contributed by atoms with van der Waals surface area (Å²) in [5, 5.41) is 0.554. The summed E-state index contributed by atoms with van der Waals surface area (Å²) in [6.45, 7) is 9.52. The van der Waals surface area contributed by atoms with Crippen molar-refractivity contribution in [3.8, 4) is 0 Å². The number of aromatic nitrogens is 2. The highest BCUT2D eigenvalue weighted by molar-refractivity contribution is 7.20. The van der Waals surface area contributed by atoms with Gasteiger partial charge < -0.3 is 0 Å². The molecule has 0 aliphatic rings. The fourth-order valence-corrected chi connectivity index (χ4v) is 1.76. The second kappa shape index (κ2) is 7.93. The maximum Gasteiger partial charge on any atom is 0.188 e. The molecular weight excluding hydrogens is 220 g/mol. The van der Waals surface area contributed by atoms with Crippen molar-refractivity contribution < 1.29 is 4.79 Å². The van der Waals surface area contributed by atoms with E-state index in [1.54, 1.807) is 18.5 Å². The van der Waals surface area contributed by atoms with E-state index in [1.807, 2.05) is 27.7 Å². The molecule has 0 saturated heterocycles. The van der Waals surface area contributed by atoms with E-state index in [1.165, 1.54) is 18.3 Å². The number of thiazole rings is 1. The molecule has 0 unspecified atom stereocenters. The average Bonchev–Trinajstić information content (AvgIpc) is 2.78. The number of carbonyl (C=O) groups excluding carboxylic acids is 1. The van der Waals surface area contributed by atoms with Crippen molar-refractivity contribution >= 4 is 27.3 Å². The predicted molar refractivity (Wildman–Crippen MR) is 70.1 cm³/mol. The molecule has 0 spiro atoms. The zero-order valence-corrected chi connectivity index (χ0v) is 11.3. The summed E-state index contributed by atoms with van der Waals surface area (Å²) in [6.07, 6.45) is 3.39. The monoisotopic (exact) mass is 238 g/mol. The van der Waals surface area contributed by atoms with Crippen LogP contribution in [-0.4, -0.2) is 15.8 Å². The number of carbonyl (C=O) groups is 1. The van der Waals surface area contributed by atoms with Crippen molar-refractivity contribution in [2.24, 2.45) is 0 Å². The molecule has 0 radical (unpaired) electrons. The molecule has 16 heavy (non-hydrogen) atoms. The summed E-state index contributed by atoms with van der Waals surface area (Å²) in [4.78, 5) is 19.0. The van der Waals surface area contributed by atoms with E-state index >= 15 is 0 Å². The van der Waals surface area contributed by atoms with Crippen LogP contribution in [0.3, 0.4) is 0 Å². The number of hydrogen-bond donors (Lipinski definition) is 0. The lowest BCUT2D eigenvalue weighted by molar-refractivity contribution is 0.101. The van der Waals surface area contributed by atoms with Crippen LogP contribution < -0.4 is 0 Å². The van der Waals surface area contributed by atoms with Crippen LogP contribution in [0.2, 0.25) is 0 Å². The van der Waals surface area contributed by atoms with Crippen molar-refractivity contribution in [2.45, 2.75) is 34.6 Å². The molecule has 0 aromatic carbocycles.